The summed E-state index contributed by atoms with van der Waals surface area (Å²) in [5, 5.41) is 14.4. The van der Waals surface area contributed by atoms with Crippen LogP contribution in [0, 0.1) is 0 Å². The first-order valence-electron chi connectivity index (χ1n) is 9.38. The van der Waals surface area contributed by atoms with Gasteiger partial charge in [-0.25, -0.2) is 4.68 Å². The molecule has 0 bridgehead atoms. The average Bonchev–Trinajstić information content (AvgIpc) is 3.55. The van der Waals surface area contributed by atoms with Crippen molar-refractivity contribution in [2.24, 2.45) is 0 Å². The summed E-state index contributed by atoms with van der Waals surface area (Å²) in [6.07, 6.45) is 3.11. The first-order chi connectivity index (χ1) is 14.3. The van der Waals surface area contributed by atoms with Crippen molar-refractivity contribution in [1.82, 2.24) is 30.0 Å². The molecule has 1 aliphatic rings. The summed E-state index contributed by atoms with van der Waals surface area (Å²) in [5.41, 5.74) is 1.41. The maximum Gasteiger partial charge on any atom is 0.280 e. The largest absolute Gasteiger partial charge is 0.340 e. The molecule has 1 saturated heterocycles. The topological polar surface area (TPSA) is 89.9 Å². The highest BCUT2D eigenvalue weighted by molar-refractivity contribution is 7.10. The van der Waals surface area contributed by atoms with Gasteiger partial charge in [0.05, 0.1) is 18.7 Å². The van der Waals surface area contributed by atoms with Crippen molar-refractivity contribution in [2.45, 2.75) is 18.9 Å². The molecule has 3 aromatic heterocycles. The molecule has 1 unspecified atom stereocenters. The Morgan fingerprint density at radius 3 is 2.93 bits per heavy atom. The predicted molar refractivity (Wildman–Crippen MR) is 107 cm³/mol. The van der Waals surface area contributed by atoms with Crippen LogP contribution in [0.3, 0.4) is 0 Å². The standard InChI is InChI=1S/C20H18N6O2S/c27-18(11-16-7-4-10-29-16)25-9-8-15(12-25)26-13-17(22-24-26)20-21-19(23-28-20)14-5-2-1-3-6-14/h1-7,10,13,15H,8-9,11-12H2. The third-order valence-corrected chi connectivity index (χ3v) is 5.86. The second-order valence-corrected chi connectivity index (χ2v) is 7.94. The second kappa shape index (κ2) is 7.59. The van der Waals surface area contributed by atoms with Gasteiger partial charge in [0.2, 0.25) is 11.7 Å². The number of rotatable bonds is 5. The number of carbonyl (C=O) groups is 1. The van der Waals surface area contributed by atoms with Gasteiger partial charge in [0, 0.05) is 23.5 Å². The minimum atomic E-state index is 0.0973. The zero-order chi connectivity index (χ0) is 19.6. The number of hydrogen-bond donors (Lipinski definition) is 0. The van der Waals surface area contributed by atoms with E-state index in [1.165, 1.54) is 0 Å². The Bertz CT molecular complexity index is 1110. The first kappa shape index (κ1) is 17.7. The molecule has 4 heterocycles. The van der Waals surface area contributed by atoms with Gasteiger partial charge >= 0.3 is 0 Å². The maximum atomic E-state index is 12.5. The number of aromatic nitrogens is 5. The van der Waals surface area contributed by atoms with Gasteiger partial charge in [-0.3, -0.25) is 4.79 Å². The molecule has 0 N–H and O–H groups in total. The Balaban J connectivity index is 1.26. The second-order valence-electron chi connectivity index (χ2n) is 6.91. The van der Waals surface area contributed by atoms with Crippen molar-refractivity contribution >= 4 is 17.2 Å². The summed E-state index contributed by atoms with van der Waals surface area (Å²) < 4.78 is 7.15. The number of carbonyl (C=O) groups excluding carboxylic acids is 1. The fraction of sp³-hybridized carbons (Fsp3) is 0.250. The molecule has 9 heteroatoms. The molecule has 1 fully saturated rings. The monoisotopic (exact) mass is 406 g/mol. The fourth-order valence-electron chi connectivity index (χ4n) is 3.44. The summed E-state index contributed by atoms with van der Waals surface area (Å²) in [4.78, 5) is 19.9. The first-order valence-corrected chi connectivity index (χ1v) is 10.3. The van der Waals surface area contributed by atoms with Gasteiger partial charge < -0.3 is 9.42 Å². The van der Waals surface area contributed by atoms with Crippen LogP contribution in [0.15, 0.2) is 58.6 Å². The summed E-state index contributed by atoms with van der Waals surface area (Å²) in [7, 11) is 0. The van der Waals surface area contributed by atoms with Gasteiger partial charge in [0.25, 0.3) is 5.89 Å². The van der Waals surface area contributed by atoms with Gasteiger partial charge in [0.15, 0.2) is 5.69 Å². The number of thiophene rings is 1. The Hall–Kier alpha value is -3.33. The molecule has 1 aliphatic heterocycles. The Morgan fingerprint density at radius 1 is 1.21 bits per heavy atom. The molecule has 0 spiro atoms. The van der Waals surface area contributed by atoms with Gasteiger partial charge in [-0.2, -0.15) is 4.98 Å². The maximum absolute atomic E-state index is 12.5. The van der Waals surface area contributed by atoms with E-state index >= 15 is 0 Å². The number of hydrogen-bond acceptors (Lipinski definition) is 7. The Labute approximate surface area is 170 Å². The van der Waals surface area contributed by atoms with E-state index in [0.717, 1.165) is 23.4 Å². The lowest BCUT2D eigenvalue weighted by Crippen LogP contribution is -2.30. The van der Waals surface area contributed by atoms with Crippen molar-refractivity contribution in [2.75, 3.05) is 13.1 Å². The molecule has 146 valence electrons. The number of likely N-dealkylation sites (tertiary alicyclic amines) is 1. The number of benzene rings is 1. The van der Waals surface area contributed by atoms with Gasteiger partial charge in [0.1, 0.15) is 0 Å². The van der Waals surface area contributed by atoms with E-state index < -0.39 is 0 Å². The molecule has 0 aliphatic carbocycles. The van der Waals surface area contributed by atoms with Crippen molar-refractivity contribution in [3.63, 3.8) is 0 Å². The van der Waals surface area contributed by atoms with E-state index in [9.17, 15) is 4.79 Å². The Kier molecular flexibility index (Phi) is 4.65. The molecule has 0 radical (unpaired) electrons. The van der Waals surface area contributed by atoms with Crippen LogP contribution in [0.1, 0.15) is 17.3 Å². The van der Waals surface area contributed by atoms with Gasteiger partial charge in [-0.1, -0.05) is 46.8 Å². The lowest BCUT2D eigenvalue weighted by atomic mass is 10.2. The van der Waals surface area contributed by atoms with Crippen LogP contribution < -0.4 is 0 Å². The van der Waals surface area contributed by atoms with E-state index in [0.29, 0.717) is 30.4 Å². The van der Waals surface area contributed by atoms with E-state index in [1.807, 2.05) is 52.7 Å². The summed E-state index contributed by atoms with van der Waals surface area (Å²) >= 11 is 1.61. The van der Waals surface area contributed by atoms with Crippen LogP contribution >= 0.6 is 11.3 Å². The molecule has 1 atom stereocenters. The quantitative estimate of drug-likeness (QED) is 0.506. The van der Waals surface area contributed by atoms with E-state index in [4.69, 9.17) is 4.52 Å². The molecule has 5 rings (SSSR count). The average molecular weight is 406 g/mol. The predicted octanol–water partition coefficient (Wildman–Crippen LogP) is 3.07. The van der Waals surface area contributed by atoms with Crippen LogP contribution in [-0.2, 0) is 11.2 Å². The van der Waals surface area contributed by atoms with Gasteiger partial charge in [-0.15, -0.1) is 16.4 Å². The lowest BCUT2D eigenvalue weighted by molar-refractivity contribution is -0.129. The third kappa shape index (κ3) is 3.68. The zero-order valence-electron chi connectivity index (χ0n) is 15.5. The molecule has 29 heavy (non-hydrogen) atoms. The number of nitrogens with zero attached hydrogens (tertiary/aromatic N) is 6. The van der Waals surface area contributed by atoms with Crippen LogP contribution in [0.4, 0.5) is 0 Å². The van der Waals surface area contributed by atoms with Crippen molar-refractivity contribution in [1.29, 1.82) is 0 Å². The zero-order valence-corrected chi connectivity index (χ0v) is 16.3. The van der Waals surface area contributed by atoms with Crippen LogP contribution in [0.2, 0.25) is 0 Å². The summed E-state index contributed by atoms with van der Waals surface area (Å²) in [6, 6.07) is 13.7. The minimum Gasteiger partial charge on any atom is -0.340 e. The summed E-state index contributed by atoms with van der Waals surface area (Å²) in [6.45, 7) is 1.36. The molecule has 8 nitrogen and oxygen atoms in total. The molecule has 1 aromatic carbocycles. The molecular formula is C20H18N6O2S. The van der Waals surface area contributed by atoms with E-state index in [2.05, 4.69) is 20.5 Å². The highest BCUT2D eigenvalue weighted by Gasteiger charge is 2.29. The van der Waals surface area contributed by atoms with E-state index in [1.54, 1.807) is 22.2 Å². The highest BCUT2D eigenvalue weighted by atomic mass is 32.1. The SMILES string of the molecule is O=C(Cc1cccs1)N1CCC(n2cc(-c3nc(-c4ccccc4)no3)nn2)C1. The van der Waals surface area contributed by atoms with Gasteiger partial charge in [-0.05, 0) is 17.9 Å². The fourth-order valence-corrected chi connectivity index (χ4v) is 4.14. The molecule has 1 amide bonds. The minimum absolute atomic E-state index is 0.0973. The lowest BCUT2D eigenvalue weighted by Gasteiger charge is -2.16. The highest BCUT2D eigenvalue weighted by Crippen LogP contribution is 2.25. The normalized spacial score (nSPS) is 16.4. The molecule has 4 aromatic rings. The molecular weight excluding hydrogens is 388 g/mol. The van der Waals surface area contributed by atoms with Crippen molar-refractivity contribution in [3.8, 4) is 23.0 Å². The summed E-state index contributed by atoms with van der Waals surface area (Å²) in [5.74, 6) is 1.000. The smallest absolute Gasteiger partial charge is 0.280 e. The van der Waals surface area contributed by atoms with Crippen LogP contribution in [0.5, 0.6) is 0 Å². The van der Waals surface area contributed by atoms with Crippen LogP contribution in [0.25, 0.3) is 23.0 Å². The van der Waals surface area contributed by atoms with Crippen molar-refractivity contribution < 1.29 is 9.32 Å². The third-order valence-electron chi connectivity index (χ3n) is 4.98. The Morgan fingerprint density at radius 2 is 2.10 bits per heavy atom. The van der Waals surface area contributed by atoms with E-state index in [-0.39, 0.29) is 11.9 Å². The number of amides is 1. The van der Waals surface area contributed by atoms with Crippen molar-refractivity contribution in [3.05, 3.63) is 58.9 Å². The van der Waals surface area contributed by atoms with Crippen LogP contribution in [-0.4, -0.2) is 49.0 Å². The molecule has 0 saturated carbocycles.